The number of hydrogen-bond donors (Lipinski definition) is 0. The average Bonchev–Trinajstić information content (AvgIpc) is 2.46. The molecule has 0 aliphatic heterocycles. The quantitative estimate of drug-likeness (QED) is 0.183. The van der Waals surface area contributed by atoms with Gasteiger partial charge in [0.25, 0.3) is 0 Å². The van der Waals surface area contributed by atoms with Crippen LogP contribution in [0, 0.1) is 30.4 Å². The summed E-state index contributed by atoms with van der Waals surface area (Å²) in [6.07, 6.45) is 0. The molecule has 0 bridgehead atoms. The molecule has 2 rings (SSSR count). The zero-order chi connectivity index (χ0) is 17.3. The van der Waals surface area contributed by atoms with Crippen LogP contribution in [0.1, 0.15) is 20.7 Å². The van der Waals surface area contributed by atoms with Crippen molar-refractivity contribution in [2.24, 2.45) is 0 Å². The standard InChI is InChI=1S/C14H4F4I2O3/c15-7-1-5(11(19)3-9(7)17)13(21)23-14(22)6-2-8(16)10(18)4-12(6)20/h1-4H. The van der Waals surface area contributed by atoms with Gasteiger partial charge in [-0.2, -0.15) is 0 Å². The van der Waals surface area contributed by atoms with Crippen molar-refractivity contribution in [3.8, 4) is 0 Å². The Balaban J connectivity index is 2.29. The number of esters is 2. The lowest BCUT2D eigenvalue weighted by Gasteiger charge is -2.07. The lowest BCUT2D eigenvalue weighted by atomic mass is 10.2. The van der Waals surface area contributed by atoms with E-state index in [4.69, 9.17) is 0 Å². The molecule has 2 aromatic carbocycles. The first-order chi connectivity index (χ1) is 10.7. The maximum absolute atomic E-state index is 13.2. The smallest absolute Gasteiger partial charge is 0.347 e. The van der Waals surface area contributed by atoms with Crippen LogP contribution in [0.15, 0.2) is 24.3 Å². The minimum absolute atomic E-state index is 0.0271. The van der Waals surface area contributed by atoms with Gasteiger partial charge in [0, 0.05) is 7.14 Å². The molecule has 2 aromatic rings. The highest BCUT2D eigenvalue weighted by molar-refractivity contribution is 14.1. The number of carbonyl (C=O) groups excluding carboxylic acids is 2. The molecule has 0 spiro atoms. The van der Waals surface area contributed by atoms with Crippen LogP contribution in [-0.2, 0) is 4.74 Å². The van der Waals surface area contributed by atoms with Crippen molar-refractivity contribution in [3.63, 3.8) is 0 Å². The Morgan fingerprint density at radius 2 is 1.00 bits per heavy atom. The van der Waals surface area contributed by atoms with Gasteiger partial charge in [0.15, 0.2) is 23.3 Å². The molecule has 0 aliphatic carbocycles. The first kappa shape index (κ1) is 18.1. The van der Waals surface area contributed by atoms with Gasteiger partial charge < -0.3 is 4.74 Å². The monoisotopic (exact) mass is 550 g/mol. The van der Waals surface area contributed by atoms with Crippen molar-refractivity contribution in [3.05, 3.63) is 65.8 Å². The fourth-order valence-electron chi connectivity index (χ4n) is 1.55. The second-order valence-electron chi connectivity index (χ2n) is 4.17. The summed E-state index contributed by atoms with van der Waals surface area (Å²) in [6.45, 7) is 0. The van der Waals surface area contributed by atoms with Crippen LogP contribution in [-0.4, -0.2) is 11.9 Å². The van der Waals surface area contributed by atoms with Crippen LogP contribution in [0.4, 0.5) is 17.6 Å². The molecule has 0 heterocycles. The van der Waals surface area contributed by atoms with Crippen molar-refractivity contribution in [1.29, 1.82) is 0 Å². The van der Waals surface area contributed by atoms with E-state index in [0.717, 1.165) is 12.1 Å². The molecule has 0 radical (unpaired) electrons. The largest absolute Gasteiger partial charge is 0.386 e. The van der Waals surface area contributed by atoms with Gasteiger partial charge in [-0.1, -0.05) is 0 Å². The van der Waals surface area contributed by atoms with Gasteiger partial charge in [0.1, 0.15) is 0 Å². The van der Waals surface area contributed by atoms with E-state index in [1.807, 2.05) is 0 Å². The van der Waals surface area contributed by atoms with Gasteiger partial charge in [0.05, 0.1) is 11.1 Å². The zero-order valence-corrected chi connectivity index (χ0v) is 15.1. The molecule has 3 nitrogen and oxygen atoms in total. The molecule has 0 amide bonds. The summed E-state index contributed by atoms with van der Waals surface area (Å²) >= 11 is 3.13. The molecular formula is C14H4F4I2O3. The highest BCUT2D eigenvalue weighted by Crippen LogP contribution is 2.21. The first-order valence-corrected chi connectivity index (χ1v) is 7.92. The number of halogens is 6. The van der Waals surface area contributed by atoms with E-state index in [1.165, 1.54) is 0 Å². The number of benzene rings is 2. The molecule has 0 saturated heterocycles. The summed E-state index contributed by atoms with van der Waals surface area (Å²) in [5, 5.41) is 0. The van der Waals surface area contributed by atoms with Crippen LogP contribution in [0.3, 0.4) is 0 Å². The summed E-state index contributed by atoms with van der Waals surface area (Å²) < 4.78 is 56.9. The molecule has 9 heteroatoms. The fraction of sp³-hybridized carbons (Fsp3) is 0. The first-order valence-electron chi connectivity index (χ1n) is 5.76. The Morgan fingerprint density at radius 3 is 1.35 bits per heavy atom. The number of ether oxygens (including phenoxy) is 1. The highest BCUT2D eigenvalue weighted by atomic mass is 127. The van der Waals surface area contributed by atoms with Crippen molar-refractivity contribution in [1.82, 2.24) is 0 Å². The molecular weight excluding hydrogens is 546 g/mol. The zero-order valence-electron chi connectivity index (χ0n) is 10.8. The highest BCUT2D eigenvalue weighted by Gasteiger charge is 2.22. The summed E-state index contributed by atoms with van der Waals surface area (Å²) in [4.78, 5) is 23.7. The van der Waals surface area contributed by atoms with Gasteiger partial charge in [-0.3, -0.25) is 0 Å². The fourth-order valence-corrected chi connectivity index (χ4v) is 2.85. The van der Waals surface area contributed by atoms with Crippen molar-refractivity contribution in [2.45, 2.75) is 0 Å². The predicted octanol–water partition coefficient (Wildman–Crippen LogP) is 4.45. The Kier molecular flexibility index (Phi) is 5.60. The molecule has 120 valence electrons. The average molecular weight is 550 g/mol. The minimum atomic E-state index is -1.28. The number of hydrogen-bond acceptors (Lipinski definition) is 3. The lowest BCUT2D eigenvalue weighted by molar-refractivity contribution is 0.0395. The third-order valence-corrected chi connectivity index (χ3v) is 4.43. The summed E-state index contributed by atoms with van der Waals surface area (Å²) in [5.41, 5.74) is -0.731. The van der Waals surface area contributed by atoms with Crippen molar-refractivity contribution in [2.75, 3.05) is 0 Å². The van der Waals surface area contributed by atoms with Crippen LogP contribution in [0.2, 0.25) is 0 Å². The molecule has 0 aromatic heterocycles. The van der Waals surface area contributed by atoms with Crippen LogP contribution < -0.4 is 0 Å². The minimum Gasteiger partial charge on any atom is -0.386 e. The SMILES string of the molecule is O=C(OC(=O)c1cc(F)c(F)cc1I)c1cc(F)c(F)cc1I. The number of rotatable bonds is 2. The van der Waals surface area contributed by atoms with E-state index in [1.54, 1.807) is 45.2 Å². The van der Waals surface area contributed by atoms with Crippen LogP contribution in [0.5, 0.6) is 0 Å². The molecule has 23 heavy (non-hydrogen) atoms. The second-order valence-corrected chi connectivity index (χ2v) is 6.49. The lowest BCUT2D eigenvalue weighted by Crippen LogP contribution is -2.16. The number of carbonyl (C=O) groups is 2. The topological polar surface area (TPSA) is 43.4 Å². The van der Waals surface area contributed by atoms with Gasteiger partial charge in [-0.25, -0.2) is 27.2 Å². The molecule has 0 unspecified atom stereocenters. The van der Waals surface area contributed by atoms with Crippen LogP contribution >= 0.6 is 45.2 Å². The molecule has 0 aliphatic rings. The third-order valence-electron chi connectivity index (χ3n) is 2.65. The van der Waals surface area contributed by atoms with E-state index in [0.29, 0.717) is 12.1 Å². The Bertz CT molecular complexity index is 757. The maximum atomic E-state index is 13.2. The Morgan fingerprint density at radius 1 is 0.696 bits per heavy atom. The van der Waals surface area contributed by atoms with Crippen molar-refractivity contribution < 1.29 is 31.9 Å². The molecule has 0 N–H and O–H groups in total. The van der Waals surface area contributed by atoms with Gasteiger partial charge in [0.2, 0.25) is 0 Å². The molecule has 0 saturated carbocycles. The van der Waals surface area contributed by atoms with Crippen molar-refractivity contribution >= 4 is 57.1 Å². The van der Waals surface area contributed by atoms with E-state index in [9.17, 15) is 27.2 Å². The molecule has 0 fully saturated rings. The van der Waals surface area contributed by atoms with E-state index in [2.05, 4.69) is 4.74 Å². The van der Waals surface area contributed by atoms with E-state index in [-0.39, 0.29) is 18.3 Å². The second kappa shape index (κ2) is 7.11. The van der Waals surface area contributed by atoms with Gasteiger partial charge in [-0.15, -0.1) is 0 Å². The van der Waals surface area contributed by atoms with E-state index >= 15 is 0 Å². The Hall–Kier alpha value is -1.24. The maximum Gasteiger partial charge on any atom is 0.347 e. The van der Waals surface area contributed by atoms with Gasteiger partial charge >= 0.3 is 11.9 Å². The van der Waals surface area contributed by atoms with Crippen LogP contribution in [0.25, 0.3) is 0 Å². The predicted molar refractivity (Wildman–Crippen MR) is 87.9 cm³/mol. The van der Waals surface area contributed by atoms with E-state index < -0.39 is 35.2 Å². The summed E-state index contributed by atoms with van der Waals surface area (Å²) in [5.74, 6) is -7.36. The Labute approximate surface area is 154 Å². The van der Waals surface area contributed by atoms with Gasteiger partial charge in [-0.05, 0) is 69.4 Å². The summed E-state index contributed by atoms with van der Waals surface area (Å²) in [7, 11) is 0. The molecule has 0 atom stereocenters. The third kappa shape index (κ3) is 4.00. The summed E-state index contributed by atoms with van der Waals surface area (Å²) in [6, 6.07) is 2.70. The normalized spacial score (nSPS) is 10.5.